The molecule has 1 atom stereocenters. The highest BCUT2D eigenvalue weighted by Gasteiger charge is 2.29. The maximum absolute atomic E-state index is 13.4. The first kappa shape index (κ1) is 14.3. The van der Waals surface area contributed by atoms with Gasteiger partial charge < -0.3 is 10.6 Å². The smallest absolute Gasteiger partial charge is 0.266 e. The number of nitrogens with two attached hydrogens (primary N) is 1. The molecule has 0 radical (unpaired) electrons. The number of carbonyl (C=O) groups is 1. The molecule has 1 unspecified atom stereocenters. The van der Waals surface area contributed by atoms with E-state index in [1.165, 1.54) is 29.9 Å². The minimum atomic E-state index is -0.324. The van der Waals surface area contributed by atoms with Crippen molar-refractivity contribution in [3.05, 3.63) is 28.9 Å². The monoisotopic (exact) mass is 306 g/mol. The second-order valence-electron chi connectivity index (χ2n) is 5.54. The Balaban J connectivity index is 1.99. The van der Waals surface area contributed by atoms with Gasteiger partial charge in [-0.05, 0) is 43.9 Å². The van der Waals surface area contributed by atoms with Crippen LogP contribution < -0.4 is 5.73 Å². The summed E-state index contributed by atoms with van der Waals surface area (Å²) in [6.45, 7) is 2.90. The molecule has 3 rings (SSSR count). The summed E-state index contributed by atoms with van der Waals surface area (Å²) in [7, 11) is 0. The van der Waals surface area contributed by atoms with Crippen LogP contribution >= 0.6 is 11.3 Å². The number of likely N-dealkylation sites (tertiary alicyclic amines) is 1. The number of nitrogens with zero attached hydrogens (tertiary/aromatic N) is 1. The number of hydrogen-bond donors (Lipinski definition) is 1. The lowest BCUT2D eigenvalue weighted by molar-refractivity contribution is 0.0614. The second kappa shape index (κ2) is 5.64. The van der Waals surface area contributed by atoms with Gasteiger partial charge in [0.25, 0.3) is 5.91 Å². The van der Waals surface area contributed by atoms with Gasteiger partial charge in [0.05, 0.1) is 5.69 Å². The quantitative estimate of drug-likeness (QED) is 0.910. The molecule has 1 fully saturated rings. The van der Waals surface area contributed by atoms with Crippen LogP contribution in [0.25, 0.3) is 10.1 Å². The predicted molar refractivity (Wildman–Crippen MR) is 85.2 cm³/mol. The van der Waals surface area contributed by atoms with Crippen LogP contribution in [0, 0.1) is 5.82 Å². The molecule has 0 bridgehead atoms. The highest BCUT2D eigenvalue weighted by molar-refractivity contribution is 7.21. The molecule has 2 aromatic rings. The van der Waals surface area contributed by atoms with Gasteiger partial charge in [-0.2, -0.15) is 0 Å². The number of carbonyl (C=O) groups excluding carboxylic acids is 1. The van der Waals surface area contributed by atoms with Crippen molar-refractivity contribution < 1.29 is 9.18 Å². The maximum Gasteiger partial charge on any atom is 0.266 e. The first-order valence-electron chi connectivity index (χ1n) is 7.40. The highest BCUT2D eigenvalue weighted by Crippen LogP contribution is 2.36. The zero-order valence-electron chi connectivity index (χ0n) is 12.1. The summed E-state index contributed by atoms with van der Waals surface area (Å²) in [6, 6.07) is 4.80. The molecule has 0 aliphatic carbocycles. The summed E-state index contributed by atoms with van der Waals surface area (Å²) in [4.78, 5) is 15.3. The van der Waals surface area contributed by atoms with Gasteiger partial charge in [-0.3, -0.25) is 4.79 Å². The van der Waals surface area contributed by atoms with E-state index >= 15 is 0 Å². The summed E-state index contributed by atoms with van der Waals surface area (Å²) < 4.78 is 14.2. The Bertz CT molecular complexity index is 682. The number of rotatable bonds is 2. The van der Waals surface area contributed by atoms with Gasteiger partial charge in [0.2, 0.25) is 0 Å². The third-order valence-corrected chi connectivity index (χ3v) is 5.42. The third-order valence-electron chi connectivity index (χ3n) is 4.24. The standard InChI is InChI=1S/C16H19FN2OS/c1-2-11-5-3-4-8-19(11)16(20)15-14(18)12-9-10(17)6-7-13(12)21-15/h6-7,9,11H,2-5,8,18H2,1H3. The Morgan fingerprint density at radius 1 is 1.48 bits per heavy atom. The van der Waals surface area contributed by atoms with Crippen molar-refractivity contribution in [2.45, 2.75) is 38.6 Å². The van der Waals surface area contributed by atoms with Crippen LogP contribution in [0.2, 0.25) is 0 Å². The van der Waals surface area contributed by atoms with E-state index in [-0.39, 0.29) is 11.7 Å². The Labute approximate surface area is 127 Å². The van der Waals surface area contributed by atoms with Gasteiger partial charge in [-0.15, -0.1) is 11.3 Å². The van der Waals surface area contributed by atoms with Crippen LogP contribution in [-0.4, -0.2) is 23.4 Å². The fourth-order valence-electron chi connectivity index (χ4n) is 3.07. The van der Waals surface area contributed by atoms with E-state index in [4.69, 9.17) is 5.73 Å². The summed E-state index contributed by atoms with van der Waals surface area (Å²) >= 11 is 1.36. The molecule has 5 heteroatoms. The number of hydrogen-bond acceptors (Lipinski definition) is 3. The average molecular weight is 306 g/mol. The molecular formula is C16H19FN2OS. The van der Waals surface area contributed by atoms with Crippen LogP contribution in [-0.2, 0) is 0 Å². The summed E-state index contributed by atoms with van der Waals surface area (Å²) in [6.07, 6.45) is 4.24. The van der Waals surface area contributed by atoms with Gasteiger partial charge in [0.1, 0.15) is 10.7 Å². The number of benzene rings is 1. The Morgan fingerprint density at radius 3 is 3.05 bits per heavy atom. The topological polar surface area (TPSA) is 46.3 Å². The minimum Gasteiger partial charge on any atom is -0.397 e. The van der Waals surface area contributed by atoms with Crippen molar-refractivity contribution in [3.63, 3.8) is 0 Å². The fraction of sp³-hybridized carbons (Fsp3) is 0.438. The Hall–Kier alpha value is -1.62. The van der Waals surface area contributed by atoms with E-state index in [1.54, 1.807) is 6.07 Å². The van der Waals surface area contributed by atoms with E-state index in [9.17, 15) is 9.18 Å². The van der Waals surface area contributed by atoms with Crippen molar-refractivity contribution >= 4 is 33.0 Å². The van der Waals surface area contributed by atoms with Crippen LogP contribution in [0.4, 0.5) is 10.1 Å². The Kier molecular flexibility index (Phi) is 3.85. The third kappa shape index (κ3) is 2.50. The zero-order chi connectivity index (χ0) is 15.0. The van der Waals surface area contributed by atoms with Crippen molar-refractivity contribution in [2.75, 3.05) is 12.3 Å². The molecule has 2 N–H and O–H groups in total. The molecule has 2 heterocycles. The van der Waals surface area contributed by atoms with Gasteiger partial charge in [0, 0.05) is 22.7 Å². The second-order valence-corrected chi connectivity index (χ2v) is 6.59. The van der Waals surface area contributed by atoms with E-state index in [2.05, 4.69) is 6.92 Å². The van der Waals surface area contributed by atoms with Gasteiger partial charge >= 0.3 is 0 Å². The molecular weight excluding hydrogens is 287 g/mol. The highest BCUT2D eigenvalue weighted by atomic mass is 32.1. The molecule has 3 nitrogen and oxygen atoms in total. The van der Waals surface area contributed by atoms with Crippen molar-refractivity contribution in [2.24, 2.45) is 0 Å². The van der Waals surface area contributed by atoms with Crippen LogP contribution in [0.1, 0.15) is 42.3 Å². The first-order valence-corrected chi connectivity index (χ1v) is 8.22. The molecule has 1 aromatic heterocycles. The molecule has 0 spiro atoms. The summed E-state index contributed by atoms with van der Waals surface area (Å²) in [5.41, 5.74) is 6.52. The van der Waals surface area contributed by atoms with Gasteiger partial charge in [-0.1, -0.05) is 6.92 Å². The summed E-state index contributed by atoms with van der Waals surface area (Å²) in [5.74, 6) is -0.323. The zero-order valence-corrected chi connectivity index (χ0v) is 12.9. The van der Waals surface area contributed by atoms with Gasteiger partial charge in [0.15, 0.2) is 0 Å². The number of anilines is 1. The normalized spacial score (nSPS) is 19.1. The van der Waals surface area contributed by atoms with Crippen molar-refractivity contribution in [3.8, 4) is 0 Å². The lowest BCUT2D eigenvalue weighted by Crippen LogP contribution is -2.43. The number of amides is 1. The molecule has 1 saturated heterocycles. The average Bonchev–Trinajstić information content (AvgIpc) is 2.83. The Morgan fingerprint density at radius 2 is 2.29 bits per heavy atom. The molecule has 1 aromatic carbocycles. The SMILES string of the molecule is CCC1CCCCN1C(=O)c1sc2ccc(F)cc2c1N. The molecule has 21 heavy (non-hydrogen) atoms. The predicted octanol–water partition coefficient (Wildman–Crippen LogP) is 4.03. The van der Waals surface area contributed by atoms with E-state index in [1.807, 2.05) is 4.90 Å². The van der Waals surface area contributed by atoms with Gasteiger partial charge in [-0.25, -0.2) is 4.39 Å². The number of nitrogen functional groups attached to an aromatic ring is 1. The fourth-order valence-corrected chi connectivity index (χ4v) is 4.13. The molecule has 112 valence electrons. The van der Waals surface area contributed by atoms with Crippen LogP contribution in [0.15, 0.2) is 18.2 Å². The number of piperidine rings is 1. The molecule has 0 saturated carbocycles. The molecule has 1 amide bonds. The number of thiophene rings is 1. The minimum absolute atomic E-state index is 0.000609. The molecule has 1 aliphatic rings. The lowest BCUT2D eigenvalue weighted by Gasteiger charge is -2.35. The first-order chi connectivity index (χ1) is 10.1. The number of halogens is 1. The lowest BCUT2D eigenvalue weighted by atomic mass is 9.99. The van der Waals surface area contributed by atoms with Crippen molar-refractivity contribution in [1.82, 2.24) is 4.90 Å². The van der Waals surface area contributed by atoms with Crippen molar-refractivity contribution in [1.29, 1.82) is 0 Å². The summed E-state index contributed by atoms with van der Waals surface area (Å²) in [5, 5.41) is 0.647. The van der Waals surface area contributed by atoms with Crippen LogP contribution in [0.3, 0.4) is 0 Å². The van der Waals surface area contributed by atoms with E-state index in [0.717, 1.165) is 30.5 Å². The van der Waals surface area contributed by atoms with E-state index in [0.29, 0.717) is 22.0 Å². The van der Waals surface area contributed by atoms with E-state index < -0.39 is 0 Å². The largest absolute Gasteiger partial charge is 0.397 e. The molecule has 1 aliphatic heterocycles. The number of fused-ring (bicyclic) bond motifs is 1. The maximum atomic E-state index is 13.4. The van der Waals surface area contributed by atoms with Crippen LogP contribution in [0.5, 0.6) is 0 Å².